The third-order valence-corrected chi connectivity index (χ3v) is 3.73. The van der Waals surface area contributed by atoms with Crippen LogP contribution in [0.4, 0.5) is 0 Å². The van der Waals surface area contributed by atoms with E-state index in [1.165, 1.54) is 11.1 Å². The van der Waals surface area contributed by atoms with E-state index in [4.69, 9.17) is 5.73 Å². The van der Waals surface area contributed by atoms with Crippen LogP contribution in [-0.2, 0) is 19.4 Å². The number of aryl methyl sites for hydroxylation is 1. The molecule has 1 aromatic carbocycles. The van der Waals surface area contributed by atoms with E-state index < -0.39 is 0 Å². The van der Waals surface area contributed by atoms with E-state index in [2.05, 4.69) is 0 Å². The van der Waals surface area contributed by atoms with Gasteiger partial charge in [-0.25, -0.2) is 0 Å². The molecule has 0 aliphatic heterocycles. The van der Waals surface area contributed by atoms with Crippen molar-refractivity contribution in [2.75, 3.05) is 0 Å². The maximum atomic E-state index is 12.1. The molecule has 3 nitrogen and oxygen atoms in total. The molecule has 1 aromatic rings. The molecule has 1 aliphatic carbocycles. The number of carbonyl (C=O) groups is 1. The van der Waals surface area contributed by atoms with Gasteiger partial charge in [-0.1, -0.05) is 13.8 Å². The molecule has 0 radical (unpaired) electrons. The smallest absolute Gasteiger partial charge is 0.169 e. The van der Waals surface area contributed by atoms with Crippen LogP contribution in [0, 0.1) is 5.92 Å². The van der Waals surface area contributed by atoms with Gasteiger partial charge in [-0.15, -0.1) is 0 Å². The molecule has 0 saturated carbocycles. The summed E-state index contributed by atoms with van der Waals surface area (Å²) in [7, 11) is 0. The first kappa shape index (κ1) is 13.1. The maximum absolute atomic E-state index is 12.1. The quantitative estimate of drug-likeness (QED) is 0.807. The normalized spacial score (nSPS) is 14.7. The first-order valence-corrected chi connectivity index (χ1v) is 6.67. The van der Waals surface area contributed by atoms with Crippen LogP contribution in [0.5, 0.6) is 5.75 Å². The number of carbonyl (C=O) groups excluding carboxylic acids is 1. The number of nitrogens with two attached hydrogens (primary N) is 1. The van der Waals surface area contributed by atoms with Crippen molar-refractivity contribution in [3.05, 3.63) is 28.3 Å². The molecule has 0 bridgehead atoms. The second kappa shape index (κ2) is 5.11. The van der Waals surface area contributed by atoms with E-state index in [0.717, 1.165) is 31.2 Å². The Bertz CT molecular complexity index is 478. The summed E-state index contributed by atoms with van der Waals surface area (Å²) < 4.78 is 0. The van der Waals surface area contributed by atoms with Gasteiger partial charge in [0.2, 0.25) is 0 Å². The second-order valence-electron chi connectivity index (χ2n) is 5.32. The number of Topliss-reactive ketones (excluding diaryl/α,β-unsaturated/α-hetero) is 1. The molecule has 0 unspecified atom stereocenters. The van der Waals surface area contributed by atoms with Gasteiger partial charge in [-0.05, 0) is 42.9 Å². The van der Waals surface area contributed by atoms with E-state index in [1.54, 1.807) is 0 Å². The molecular formula is C15H21NO2. The van der Waals surface area contributed by atoms with Gasteiger partial charge in [0.1, 0.15) is 5.75 Å². The Morgan fingerprint density at radius 1 is 1.39 bits per heavy atom. The van der Waals surface area contributed by atoms with Crippen molar-refractivity contribution in [3.8, 4) is 5.75 Å². The Morgan fingerprint density at radius 3 is 2.67 bits per heavy atom. The lowest BCUT2D eigenvalue weighted by Gasteiger charge is -2.22. The van der Waals surface area contributed by atoms with Crippen LogP contribution in [0.3, 0.4) is 0 Å². The number of phenols is 1. The van der Waals surface area contributed by atoms with E-state index in [0.29, 0.717) is 12.1 Å². The van der Waals surface area contributed by atoms with Crippen molar-refractivity contribution in [1.82, 2.24) is 0 Å². The number of hydrogen-bond acceptors (Lipinski definition) is 3. The van der Waals surface area contributed by atoms with E-state index in [-0.39, 0.29) is 17.5 Å². The van der Waals surface area contributed by atoms with Gasteiger partial charge in [0.05, 0.1) is 5.56 Å². The molecule has 18 heavy (non-hydrogen) atoms. The molecule has 0 atom stereocenters. The van der Waals surface area contributed by atoms with Gasteiger partial charge >= 0.3 is 0 Å². The average Bonchev–Trinajstić information content (AvgIpc) is 2.37. The van der Waals surface area contributed by atoms with Crippen molar-refractivity contribution in [2.45, 2.75) is 46.1 Å². The zero-order chi connectivity index (χ0) is 13.3. The van der Waals surface area contributed by atoms with Crippen LogP contribution in [0.25, 0.3) is 0 Å². The summed E-state index contributed by atoms with van der Waals surface area (Å²) in [6.07, 6.45) is 4.24. The highest BCUT2D eigenvalue weighted by Crippen LogP contribution is 2.34. The first-order chi connectivity index (χ1) is 8.56. The molecule has 0 saturated heterocycles. The summed E-state index contributed by atoms with van der Waals surface area (Å²) in [5.41, 5.74) is 9.34. The van der Waals surface area contributed by atoms with Crippen molar-refractivity contribution < 1.29 is 9.90 Å². The molecule has 0 spiro atoms. The van der Waals surface area contributed by atoms with Gasteiger partial charge in [-0.3, -0.25) is 4.79 Å². The third kappa shape index (κ3) is 2.15. The van der Waals surface area contributed by atoms with Gasteiger partial charge in [0.15, 0.2) is 5.78 Å². The van der Waals surface area contributed by atoms with Gasteiger partial charge < -0.3 is 10.8 Å². The van der Waals surface area contributed by atoms with Crippen LogP contribution in [0.2, 0.25) is 0 Å². The van der Waals surface area contributed by atoms with E-state index in [9.17, 15) is 9.90 Å². The van der Waals surface area contributed by atoms with Crippen molar-refractivity contribution in [1.29, 1.82) is 0 Å². The second-order valence-corrected chi connectivity index (χ2v) is 5.32. The lowest BCUT2D eigenvalue weighted by molar-refractivity contribution is 0.0936. The molecular weight excluding hydrogens is 226 g/mol. The molecule has 0 heterocycles. The zero-order valence-electron chi connectivity index (χ0n) is 11.1. The highest BCUT2D eigenvalue weighted by Gasteiger charge is 2.23. The molecule has 98 valence electrons. The lowest BCUT2D eigenvalue weighted by Crippen LogP contribution is -2.15. The van der Waals surface area contributed by atoms with Crippen LogP contribution < -0.4 is 5.73 Å². The fourth-order valence-corrected chi connectivity index (χ4v) is 2.70. The van der Waals surface area contributed by atoms with Crippen LogP contribution in [0.1, 0.15) is 53.7 Å². The predicted molar refractivity (Wildman–Crippen MR) is 71.8 cm³/mol. The number of fused-ring (bicyclic) bond motifs is 1. The summed E-state index contributed by atoms with van der Waals surface area (Å²) in [5, 5.41) is 10.3. The van der Waals surface area contributed by atoms with Crippen LogP contribution in [-0.4, -0.2) is 10.9 Å². The number of phenolic OH excluding ortho intramolecular Hbond substituents is 1. The Balaban J connectivity index is 2.58. The average molecular weight is 247 g/mol. The number of hydrogen-bond donors (Lipinski definition) is 2. The minimum atomic E-state index is -0.108. The summed E-state index contributed by atoms with van der Waals surface area (Å²) in [4.78, 5) is 12.1. The van der Waals surface area contributed by atoms with E-state index in [1.807, 2.05) is 19.9 Å². The standard InChI is InChI=1S/C15H21NO2/c1-9(2)14(17)12-7-10-5-3-4-6-11(10)13(8-16)15(12)18/h7,9,18H,3-6,8,16H2,1-2H3. The molecule has 2 rings (SSSR count). The molecule has 3 heteroatoms. The van der Waals surface area contributed by atoms with Crippen molar-refractivity contribution in [2.24, 2.45) is 11.7 Å². The van der Waals surface area contributed by atoms with Crippen molar-refractivity contribution >= 4 is 5.78 Å². The number of ketones is 1. The minimum Gasteiger partial charge on any atom is -0.507 e. The maximum Gasteiger partial charge on any atom is 0.169 e. The summed E-state index contributed by atoms with van der Waals surface area (Å²) in [5.74, 6) is -0.00408. The summed E-state index contributed by atoms with van der Waals surface area (Å²) in [6, 6.07) is 1.88. The first-order valence-electron chi connectivity index (χ1n) is 6.67. The lowest BCUT2D eigenvalue weighted by atomic mass is 9.84. The predicted octanol–water partition coefficient (Wildman–Crippen LogP) is 2.57. The molecule has 3 N–H and O–H groups in total. The fourth-order valence-electron chi connectivity index (χ4n) is 2.70. The van der Waals surface area contributed by atoms with Gasteiger partial charge in [0.25, 0.3) is 0 Å². The topological polar surface area (TPSA) is 63.3 Å². The Morgan fingerprint density at radius 2 is 2.06 bits per heavy atom. The number of rotatable bonds is 3. The summed E-state index contributed by atoms with van der Waals surface area (Å²) in [6.45, 7) is 4.00. The highest BCUT2D eigenvalue weighted by atomic mass is 16.3. The fraction of sp³-hybridized carbons (Fsp3) is 0.533. The highest BCUT2D eigenvalue weighted by molar-refractivity contribution is 6.00. The SMILES string of the molecule is CC(C)C(=O)c1cc2c(c(CN)c1O)CCCC2. The molecule has 1 aliphatic rings. The number of aromatic hydroxyl groups is 1. The Labute approximate surface area is 108 Å². The van der Waals surface area contributed by atoms with Gasteiger partial charge in [-0.2, -0.15) is 0 Å². The van der Waals surface area contributed by atoms with Crippen LogP contribution >= 0.6 is 0 Å². The molecule has 0 fully saturated rings. The molecule has 0 amide bonds. The van der Waals surface area contributed by atoms with Crippen molar-refractivity contribution in [3.63, 3.8) is 0 Å². The Kier molecular flexibility index (Phi) is 3.71. The molecule has 0 aromatic heterocycles. The largest absolute Gasteiger partial charge is 0.507 e. The van der Waals surface area contributed by atoms with Gasteiger partial charge in [0, 0.05) is 18.0 Å². The summed E-state index contributed by atoms with van der Waals surface area (Å²) >= 11 is 0. The van der Waals surface area contributed by atoms with E-state index >= 15 is 0 Å². The Hall–Kier alpha value is -1.35. The monoisotopic (exact) mass is 247 g/mol. The zero-order valence-corrected chi connectivity index (χ0v) is 11.1. The number of benzene rings is 1. The minimum absolute atomic E-state index is 0.00410. The third-order valence-electron chi connectivity index (χ3n) is 3.73. The van der Waals surface area contributed by atoms with Crippen LogP contribution in [0.15, 0.2) is 6.07 Å².